The monoisotopic (exact) mass is 334 g/mol. The number of hydrogen-bond donors (Lipinski definition) is 1. The van der Waals surface area contributed by atoms with Crippen LogP contribution in [-0.4, -0.2) is 41.6 Å². The maximum Gasteiger partial charge on any atom is 0.270 e. The zero-order valence-corrected chi connectivity index (χ0v) is 14.0. The average molecular weight is 334 g/mol. The van der Waals surface area contributed by atoms with Crippen molar-refractivity contribution in [3.05, 3.63) is 30.1 Å². The van der Waals surface area contributed by atoms with Crippen molar-refractivity contribution in [2.45, 2.75) is 39.2 Å². The number of unbranched alkanes of at least 4 members (excludes halogenated alkanes) is 1. The Kier molecular flexibility index (Phi) is 5.89. The molecule has 2 N–H and O–H groups in total. The summed E-state index contributed by atoms with van der Waals surface area (Å²) in [5, 5.41) is 5.71. The molecule has 1 aromatic rings. The zero-order valence-electron chi connectivity index (χ0n) is 14.0. The first-order valence-electron chi connectivity index (χ1n) is 8.18. The average Bonchev–Trinajstić information content (AvgIpc) is 3.01. The molecule has 0 saturated heterocycles. The molecular weight excluding hydrogens is 311 g/mol. The second-order valence-corrected chi connectivity index (χ2v) is 5.73. The Morgan fingerprint density at radius 2 is 2.00 bits per heavy atom. The number of nitrogens with two attached hydrogens (primary N) is 1. The molecular formula is C17H23FN4O2. The fourth-order valence-electron chi connectivity index (χ4n) is 2.63. The highest BCUT2D eigenvalue weighted by molar-refractivity contribution is 6.40. The Hall–Kier alpha value is -2.44. The van der Waals surface area contributed by atoms with E-state index in [2.05, 4.69) is 12.0 Å². The molecule has 0 aliphatic carbocycles. The predicted molar refractivity (Wildman–Crippen MR) is 91.1 cm³/mol. The molecule has 1 atom stereocenters. The molecule has 1 aliphatic rings. The van der Waals surface area contributed by atoms with Crippen LogP contribution in [0.2, 0.25) is 0 Å². The third-order valence-electron chi connectivity index (χ3n) is 4.03. The van der Waals surface area contributed by atoms with Gasteiger partial charge in [0.25, 0.3) is 5.91 Å². The first kappa shape index (κ1) is 17.9. The van der Waals surface area contributed by atoms with Crippen LogP contribution in [0.4, 0.5) is 10.1 Å². The van der Waals surface area contributed by atoms with E-state index in [1.54, 1.807) is 4.90 Å². The minimum Gasteiger partial charge on any atom is -0.368 e. The summed E-state index contributed by atoms with van der Waals surface area (Å²) in [6.07, 6.45) is 2.06. The first-order chi connectivity index (χ1) is 11.5. The molecule has 130 valence electrons. The van der Waals surface area contributed by atoms with Gasteiger partial charge in [-0.25, -0.2) is 4.39 Å². The molecule has 2 amide bonds. The molecule has 24 heavy (non-hydrogen) atoms. The second-order valence-electron chi connectivity index (χ2n) is 5.73. The number of rotatable bonds is 7. The number of hydrogen-bond acceptors (Lipinski definition) is 4. The van der Waals surface area contributed by atoms with Gasteiger partial charge < -0.3 is 10.6 Å². The van der Waals surface area contributed by atoms with Gasteiger partial charge in [0.1, 0.15) is 17.6 Å². The molecule has 0 aromatic heterocycles. The number of halogens is 1. The van der Waals surface area contributed by atoms with Crippen LogP contribution < -0.4 is 10.7 Å². The molecule has 2 rings (SSSR count). The van der Waals surface area contributed by atoms with Gasteiger partial charge >= 0.3 is 0 Å². The molecule has 0 spiro atoms. The van der Waals surface area contributed by atoms with Gasteiger partial charge in [0.05, 0.1) is 5.69 Å². The normalized spacial score (nSPS) is 16.9. The Morgan fingerprint density at radius 1 is 1.33 bits per heavy atom. The van der Waals surface area contributed by atoms with E-state index < -0.39 is 11.9 Å². The highest BCUT2D eigenvalue weighted by Gasteiger charge is 2.36. The SMILES string of the molecule is CCCCN(CC)C(=O)C1=NN(c2ccc(F)cc2)C(C(N)=O)C1. The number of carbonyl (C=O) groups is 2. The van der Waals surface area contributed by atoms with Gasteiger partial charge in [-0.3, -0.25) is 14.6 Å². The lowest BCUT2D eigenvalue weighted by Crippen LogP contribution is -2.40. The Balaban J connectivity index is 2.24. The van der Waals surface area contributed by atoms with Crippen LogP contribution in [0.3, 0.4) is 0 Å². The van der Waals surface area contributed by atoms with Gasteiger partial charge in [0, 0.05) is 19.5 Å². The van der Waals surface area contributed by atoms with E-state index in [1.165, 1.54) is 29.3 Å². The highest BCUT2D eigenvalue weighted by atomic mass is 19.1. The summed E-state index contributed by atoms with van der Waals surface area (Å²) in [5.74, 6) is -1.13. The Morgan fingerprint density at radius 3 is 2.54 bits per heavy atom. The molecule has 1 aliphatic heterocycles. The van der Waals surface area contributed by atoms with Crippen molar-refractivity contribution >= 4 is 23.2 Å². The van der Waals surface area contributed by atoms with Crippen LogP contribution in [0.5, 0.6) is 0 Å². The molecule has 7 heteroatoms. The molecule has 1 unspecified atom stereocenters. The minimum atomic E-state index is -0.737. The number of hydrazone groups is 1. The van der Waals surface area contributed by atoms with Gasteiger partial charge in [-0.2, -0.15) is 5.10 Å². The first-order valence-corrected chi connectivity index (χ1v) is 8.18. The molecule has 0 fully saturated rings. The number of amides is 2. The van der Waals surface area contributed by atoms with Crippen LogP contribution in [0.15, 0.2) is 29.4 Å². The van der Waals surface area contributed by atoms with Gasteiger partial charge in [-0.15, -0.1) is 0 Å². The summed E-state index contributed by atoms with van der Waals surface area (Å²) >= 11 is 0. The van der Waals surface area contributed by atoms with Crippen LogP contribution >= 0.6 is 0 Å². The lowest BCUT2D eigenvalue weighted by Gasteiger charge is -2.20. The third kappa shape index (κ3) is 3.90. The Bertz CT molecular complexity index is 630. The van der Waals surface area contributed by atoms with Crippen LogP contribution in [0.1, 0.15) is 33.1 Å². The summed E-state index contributed by atoms with van der Waals surface area (Å²) in [7, 11) is 0. The molecule has 1 heterocycles. The van der Waals surface area contributed by atoms with Crippen LogP contribution in [-0.2, 0) is 9.59 Å². The summed E-state index contributed by atoms with van der Waals surface area (Å²) in [6, 6.07) is 4.84. The molecule has 0 bridgehead atoms. The topological polar surface area (TPSA) is 79.0 Å². The van der Waals surface area contributed by atoms with E-state index in [0.29, 0.717) is 24.5 Å². The van der Waals surface area contributed by atoms with Crippen molar-refractivity contribution in [2.24, 2.45) is 10.8 Å². The second kappa shape index (κ2) is 7.90. The fourth-order valence-corrected chi connectivity index (χ4v) is 2.63. The third-order valence-corrected chi connectivity index (χ3v) is 4.03. The van der Waals surface area contributed by atoms with Crippen molar-refractivity contribution in [1.82, 2.24) is 4.90 Å². The lowest BCUT2D eigenvalue weighted by molar-refractivity contribution is -0.124. The van der Waals surface area contributed by atoms with E-state index in [4.69, 9.17) is 5.73 Å². The minimum absolute atomic E-state index is 0.161. The molecule has 0 saturated carbocycles. The van der Waals surface area contributed by atoms with Gasteiger partial charge in [0.15, 0.2) is 0 Å². The molecule has 1 aromatic carbocycles. The number of carbonyl (C=O) groups excluding carboxylic acids is 2. The van der Waals surface area contributed by atoms with Gasteiger partial charge in [-0.05, 0) is 37.6 Å². The van der Waals surface area contributed by atoms with Crippen molar-refractivity contribution < 1.29 is 14.0 Å². The number of primary amides is 1. The van der Waals surface area contributed by atoms with E-state index in [9.17, 15) is 14.0 Å². The largest absolute Gasteiger partial charge is 0.368 e. The summed E-state index contributed by atoms with van der Waals surface area (Å²) in [4.78, 5) is 26.1. The maximum absolute atomic E-state index is 13.1. The van der Waals surface area contributed by atoms with Crippen molar-refractivity contribution in [2.75, 3.05) is 18.1 Å². The highest BCUT2D eigenvalue weighted by Crippen LogP contribution is 2.25. The van der Waals surface area contributed by atoms with Crippen LogP contribution in [0, 0.1) is 5.82 Å². The Labute approximate surface area is 141 Å². The van der Waals surface area contributed by atoms with Crippen molar-refractivity contribution in [1.29, 1.82) is 0 Å². The van der Waals surface area contributed by atoms with Crippen molar-refractivity contribution in [3.8, 4) is 0 Å². The van der Waals surface area contributed by atoms with E-state index in [0.717, 1.165) is 12.8 Å². The summed E-state index contributed by atoms with van der Waals surface area (Å²) in [5.41, 5.74) is 6.29. The van der Waals surface area contributed by atoms with Crippen molar-refractivity contribution in [3.63, 3.8) is 0 Å². The molecule has 6 nitrogen and oxygen atoms in total. The van der Waals surface area contributed by atoms with Gasteiger partial charge in [0.2, 0.25) is 5.91 Å². The zero-order chi connectivity index (χ0) is 17.7. The number of benzene rings is 1. The molecule has 0 radical (unpaired) electrons. The smallest absolute Gasteiger partial charge is 0.270 e. The quantitative estimate of drug-likeness (QED) is 0.827. The predicted octanol–water partition coefficient (Wildman–Crippen LogP) is 1.89. The van der Waals surface area contributed by atoms with E-state index >= 15 is 0 Å². The summed E-state index contributed by atoms with van der Waals surface area (Å²) in [6.45, 7) is 5.20. The summed E-state index contributed by atoms with van der Waals surface area (Å²) < 4.78 is 13.1. The maximum atomic E-state index is 13.1. The number of nitrogens with zero attached hydrogens (tertiary/aromatic N) is 3. The van der Waals surface area contributed by atoms with E-state index in [1.807, 2.05) is 6.92 Å². The number of anilines is 1. The fraction of sp³-hybridized carbons (Fsp3) is 0.471. The lowest BCUT2D eigenvalue weighted by atomic mass is 10.1. The standard InChI is InChI=1S/C17H23FN4O2/c1-3-5-10-21(4-2)17(24)14-11-15(16(19)23)22(20-14)13-8-6-12(18)7-9-13/h6-9,15H,3-5,10-11H2,1-2H3,(H2,19,23). The van der Waals surface area contributed by atoms with E-state index in [-0.39, 0.29) is 18.1 Å². The van der Waals surface area contributed by atoms with Crippen LogP contribution in [0.25, 0.3) is 0 Å². The van der Waals surface area contributed by atoms with Gasteiger partial charge in [-0.1, -0.05) is 13.3 Å².